The van der Waals surface area contributed by atoms with Crippen molar-refractivity contribution in [2.24, 2.45) is 0 Å². The summed E-state index contributed by atoms with van der Waals surface area (Å²) in [5.41, 5.74) is 4.11. The Morgan fingerprint density at radius 1 is 0.552 bits per heavy atom. The molecule has 0 fully saturated rings. The molecular formula is C23H26Cl2N4. The van der Waals surface area contributed by atoms with Crippen LogP contribution in [0.25, 0.3) is 0 Å². The van der Waals surface area contributed by atoms with Crippen molar-refractivity contribution in [2.45, 2.75) is 44.9 Å². The summed E-state index contributed by atoms with van der Waals surface area (Å²) in [5.74, 6) is 0. The molecule has 0 bridgehead atoms. The predicted octanol–water partition coefficient (Wildman–Crippen LogP) is 6.81. The minimum Gasteiger partial charge on any atom is -0.309 e. The van der Waals surface area contributed by atoms with Crippen molar-refractivity contribution in [3.8, 4) is 0 Å². The lowest BCUT2D eigenvalue weighted by atomic mass is 9.99. The van der Waals surface area contributed by atoms with E-state index in [1.54, 1.807) is 0 Å². The highest BCUT2D eigenvalue weighted by Crippen LogP contribution is 2.13. The Labute approximate surface area is 182 Å². The van der Waals surface area contributed by atoms with Gasteiger partial charge in [-0.15, -0.1) is 0 Å². The van der Waals surface area contributed by atoms with Crippen molar-refractivity contribution in [1.82, 2.24) is 0 Å². The maximum Gasteiger partial charge on any atom is 0.0406 e. The van der Waals surface area contributed by atoms with Crippen LogP contribution in [0.2, 0.25) is 10.0 Å². The second-order valence-corrected chi connectivity index (χ2v) is 8.10. The number of hydrogen-bond acceptors (Lipinski definition) is 4. The zero-order valence-electron chi connectivity index (χ0n) is 16.3. The monoisotopic (exact) mass is 428 g/mol. The van der Waals surface area contributed by atoms with E-state index in [1.807, 2.05) is 48.5 Å². The van der Waals surface area contributed by atoms with Crippen LogP contribution in [0.1, 0.15) is 43.2 Å². The molecule has 4 N–H and O–H groups in total. The number of hydrogen-bond donors (Lipinski definition) is 4. The molecule has 29 heavy (non-hydrogen) atoms. The van der Waals surface area contributed by atoms with Crippen molar-refractivity contribution < 1.29 is 0 Å². The summed E-state index contributed by atoms with van der Waals surface area (Å²) < 4.78 is 0. The minimum atomic E-state index is 0.363. The van der Waals surface area contributed by atoms with E-state index in [0.717, 1.165) is 11.1 Å². The second kappa shape index (κ2) is 11.6. The molecule has 152 valence electrons. The third-order valence-corrected chi connectivity index (χ3v) is 4.98. The lowest BCUT2D eigenvalue weighted by molar-refractivity contribution is 0.894. The van der Waals surface area contributed by atoms with E-state index in [0.29, 0.717) is 77.8 Å². The van der Waals surface area contributed by atoms with Crippen molar-refractivity contribution in [3.63, 3.8) is 0 Å². The maximum absolute atomic E-state index is 8.09. The summed E-state index contributed by atoms with van der Waals surface area (Å²) in [6.07, 6.45) is 3.64. The standard InChI is InChI=1S/C23H26Cl2N4/c24-18-8-4-16(5-9-18)12-22(28)14-20(26)2-1-3-21(27)15-23(29)13-17-6-10-19(25)11-7-17/h4-11,26-29H,1-3,12-15H2. The maximum atomic E-state index is 8.09. The molecule has 0 saturated carbocycles. The molecule has 0 heterocycles. The molecule has 2 aromatic carbocycles. The average Bonchev–Trinajstić information content (AvgIpc) is 2.65. The topological polar surface area (TPSA) is 95.4 Å². The predicted molar refractivity (Wildman–Crippen MR) is 124 cm³/mol. The molecule has 2 aromatic rings. The molecule has 4 nitrogen and oxygen atoms in total. The van der Waals surface area contributed by atoms with Crippen molar-refractivity contribution in [2.75, 3.05) is 0 Å². The van der Waals surface area contributed by atoms with Crippen LogP contribution in [0.4, 0.5) is 0 Å². The van der Waals surface area contributed by atoms with Crippen LogP contribution in [0.5, 0.6) is 0 Å². The van der Waals surface area contributed by atoms with Gasteiger partial charge in [-0.05, 0) is 54.7 Å². The Morgan fingerprint density at radius 3 is 1.24 bits per heavy atom. The highest BCUT2D eigenvalue weighted by molar-refractivity contribution is 6.30. The largest absolute Gasteiger partial charge is 0.309 e. The number of rotatable bonds is 12. The van der Waals surface area contributed by atoms with Gasteiger partial charge in [0.05, 0.1) is 0 Å². The molecule has 0 aliphatic carbocycles. The molecule has 0 spiro atoms. The van der Waals surface area contributed by atoms with Gasteiger partial charge in [0.1, 0.15) is 0 Å². The van der Waals surface area contributed by atoms with Crippen LogP contribution >= 0.6 is 23.2 Å². The number of halogens is 2. The fourth-order valence-corrected chi connectivity index (χ4v) is 3.28. The van der Waals surface area contributed by atoms with Gasteiger partial charge in [-0.3, -0.25) is 0 Å². The quantitative estimate of drug-likeness (QED) is 0.267. The van der Waals surface area contributed by atoms with Crippen molar-refractivity contribution >= 4 is 46.0 Å². The van der Waals surface area contributed by atoms with E-state index >= 15 is 0 Å². The van der Waals surface area contributed by atoms with Gasteiger partial charge in [-0.1, -0.05) is 47.5 Å². The smallest absolute Gasteiger partial charge is 0.0406 e. The van der Waals surface area contributed by atoms with E-state index < -0.39 is 0 Å². The molecular weight excluding hydrogens is 403 g/mol. The Balaban J connectivity index is 1.63. The van der Waals surface area contributed by atoms with Crippen molar-refractivity contribution in [3.05, 3.63) is 69.7 Å². The molecule has 2 rings (SSSR count). The lowest BCUT2D eigenvalue weighted by Gasteiger charge is -2.08. The first-order valence-electron chi connectivity index (χ1n) is 9.56. The first-order valence-corrected chi connectivity index (χ1v) is 10.3. The molecule has 6 heteroatoms. The second-order valence-electron chi connectivity index (χ2n) is 7.23. The zero-order valence-corrected chi connectivity index (χ0v) is 17.8. The fraction of sp³-hybridized carbons (Fsp3) is 0.304. The molecule has 0 aliphatic heterocycles. The highest BCUT2D eigenvalue weighted by atomic mass is 35.5. The van der Waals surface area contributed by atoms with E-state index in [1.165, 1.54) is 0 Å². The molecule has 0 aliphatic rings. The summed E-state index contributed by atoms with van der Waals surface area (Å²) in [6, 6.07) is 14.9. The third-order valence-electron chi connectivity index (χ3n) is 4.47. The van der Waals surface area contributed by atoms with E-state index in [9.17, 15) is 0 Å². The zero-order chi connectivity index (χ0) is 21.2. The summed E-state index contributed by atoms with van der Waals surface area (Å²) in [6.45, 7) is 0. The van der Waals surface area contributed by atoms with Crippen LogP contribution in [-0.4, -0.2) is 22.8 Å². The van der Waals surface area contributed by atoms with Crippen LogP contribution in [0, 0.1) is 21.6 Å². The van der Waals surface area contributed by atoms with Gasteiger partial charge in [-0.25, -0.2) is 0 Å². The Hall–Kier alpha value is -2.30. The Kier molecular flexibility index (Phi) is 9.23. The van der Waals surface area contributed by atoms with Crippen molar-refractivity contribution in [1.29, 1.82) is 21.6 Å². The minimum absolute atomic E-state index is 0.363. The molecule has 0 atom stereocenters. The van der Waals surface area contributed by atoms with Crippen LogP contribution in [0.15, 0.2) is 48.5 Å². The normalized spacial score (nSPS) is 10.6. The van der Waals surface area contributed by atoms with Crippen LogP contribution in [0.3, 0.4) is 0 Å². The average molecular weight is 429 g/mol. The lowest BCUT2D eigenvalue weighted by Crippen LogP contribution is -2.11. The SMILES string of the molecule is N=C(CCCC(=N)CC(=N)Cc1ccc(Cl)cc1)CC(=N)Cc1ccc(Cl)cc1. The van der Waals surface area contributed by atoms with Crippen LogP contribution < -0.4 is 0 Å². The Morgan fingerprint density at radius 2 is 0.897 bits per heavy atom. The summed E-state index contributed by atoms with van der Waals surface area (Å²) in [4.78, 5) is 0. The van der Waals surface area contributed by atoms with E-state index in [4.69, 9.17) is 44.8 Å². The molecule has 0 radical (unpaired) electrons. The fourth-order valence-electron chi connectivity index (χ4n) is 3.03. The highest BCUT2D eigenvalue weighted by Gasteiger charge is 2.08. The first-order chi connectivity index (χ1) is 13.8. The van der Waals surface area contributed by atoms with Gasteiger partial charge in [-0.2, -0.15) is 0 Å². The van der Waals surface area contributed by atoms with Gasteiger partial charge >= 0.3 is 0 Å². The summed E-state index contributed by atoms with van der Waals surface area (Å²) >= 11 is 11.7. The molecule has 0 unspecified atom stereocenters. The first kappa shape index (κ1) is 23.0. The Bertz CT molecular complexity index is 797. The summed E-state index contributed by atoms with van der Waals surface area (Å²) in [5, 5.41) is 33.7. The van der Waals surface area contributed by atoms with Gasteiger partial charge in [0.2, 0.25) is 0 Å². The molecule has 0 saturated heterocycles. The van der Waals surface area contributed by atoms with E-state index in [2.05, 4.69) is 0 Å². The third kappa shape index (κ3) is 9.16. The van der Waals surface area contributed by atoms with Gasteiger partial charge in [0.15, 0.2) is 0 Å². The number of nitrogens with one attached hydrogen (secondary N) is 4. The van der Waals surface area contributed by atoms with Gasteiger partial charge in [0, 0.05) is 58.6 Å². The van der Waals surface area contributed by atoms with E-state index in [-0.39, 0.29) is 0 Å². The molecule has 0 aromatic heterocycles. The molecule has 0 amide bonds. The van der Waals surface area contributed by atoms with Crippen LogP contribution in [-0.2, 0) is 12.8 Å². The van der Waals surface area contributed by atoms with Gasteiger partial charge < -0.3 is 21.6 Å². The van der Waals surface area contributed by atoms with Gasteiger partial charge in [0.25, 0.3) is 0 Å². The summed E-state index contributed by atoms with van der Waals surface area (Å²) in [7, 11) is 0. The number of benzene rings is 2.